The lowest BCUT2D eigenvalue weighted by Gasteiger charge is -2.18. The van der Waals surface area contributed by atoms with Crippen molar-refractivity contribution in [3.8, 4) is 0 Å². The maximum atomic E-state index is 12.8. The predicted octanol–water partition coefficient (Wildman–Crippen LogP) is 2.34. The lowest BCUT2D eigenvalue weighted by molar-refractivity contribution is 0.244. The van der Waals surface area contributed by atoms with E-state index in [4.69, 9.17) is 10.5 Å². The Bertz CT molecular complexity index is 283. The molecule has 1 aliphatic rings. The van der Waals surface area contributed by atoms with E-state index in [0.29, 0.717) is 18.7 Å². The summed E-state index contributed by atoms with van der Waals surface area (Å²) in [6.45, 7) is 4.29. The number of nitrogens with two attached hydrogens (primary N) is 1. The molecule has 0 aromatic heterocycles. The molecule has 2 N–H and O–H groups in total. The molecule has 84 valence electrons. The van der Waals surface area contributed by atoms with Gasteiger partial charge in [0.25, 0.3) is 0 Å². The van der Waals surface area contributed by atoms with Gasteiger partial charge in [-0.15, -0.1) is 0 Å². The van der Waals surface area contributed by atoms with Crippen LogP contribution in [-0.4, -0.2) is 19.8 Å². The van der Waals surface area contributed by atoms with E-state index in [9.17, 15) is 4.39 Å². The minimum Gasteiger partial charge on any atom is -0.501 e. The maximum absolute atomic E-state index is 12.8. The summed E-state index contributed by atoms with van der Waals surface area (Å²) in [5, 5.41) is 0. The van der Waals surface area contributed by atoms with E-state index in [2.05, 4.69) is 6.58 Å². The Morgan fingerprint density at radius 2 is 2.53 bits per heavy atom. The molecule has 0 amide bonds. The molecule has 0 aromatic carbocycles. The van der Waals surface area contributed by atoms with Crippen LogP contribution >= 0.6 is 0 Å². The van der Waals surface area contributed by atoms with Crippen molar-refractivity contribution in [3.63, 3.8) is 0 Å². The Balaban J connectivity index is 2.53. The smallest absolute Gasteiger partial charge is 0.122 e. The van der Waals surface area contributed by atoms with Gasteiger partial charge < -0.3 is 10.5 Å². The predicted molar refractivity (Wildman–Crippen MR) is 60.0 cm³/mol. The molecular formula is C12H18FNO. The van der Waals surface area contributed by atoms with E-state index >= 15 is 0 Å². The minimum absolute atomic E-state index is 0.113. The van der Waals surface area contributed by atoms with E-state index in [-0.39, 0.29) is 5.92 Å². The Morgan fingerprint density at radius 3 is 3.00 bits per heavy atom. The van der Waals surface area contributed by atoms with Crippen LogP contribution in [0.5, 0.6) is 0 Å². The summed E-state index contributed by atoms with van der Waals surface area (Å²) < 4.78 is 17.9. The van der Waals surface area contributed by atoms with Crippen LogP contribution in [-0.2, 0) is 4.74 Å². The highest BCUT2D eigenvalue weighted by Crippen LogP contribution is 2.23. The van der Waals surface area contributed by atoms with Gasteiger partial charge in [0.1, 0.15) is 6.17 Å². The fraction of sp³-hybridized carbons (Fsp3) is 0.500. The van der Waals surface area contributed by atoms with Crippen molar-refractivity contribution >= 4 is 0 Å². The molecule has 2 nitrogen and oxygen atoms in total. The highest BCUT2D eigenvalue weighted by molar-refractivity contribution is 5.25. The molecule has 0 heterocycles. The number of alkyl halides is 1. The summed E-state index contributed by atoms with van der Waals surface area (Å²) in [6, 6.07) is 0. The summed E-state index contributed by atoms with van der Waals surface area (Å²) in [5.41, 5.74) is 6.74. The quantitative estimate of drug-likeness (QED) is 0.708. The van der Waals surface area contributed by atoms with E-state index in [1.165, 1.54) is 0 Å². The molecule has 2 atom stereocenters. The highest BCUT2D eigenvalue weighted by atomic mass is 19.1. The van der Waals surface area contributed by atoms with Crippen molar-refractivity contribution in [3.05, 3.63) is 36.1 Å². The summed E-state index contributed by atoms with van der Waals surface area (Å²) in [7, 11) is 1.59. The van der Waals surface area contributed by atoms with E-state index < -0.39 is 6.17 Å². The van der Waals surface area contributed by atoms with Crippen molar-refractivity contribution in [2.45, 2.75) is 19.0 Å². The van der Waals surface area contributed by atoms with Gasteiger partial charge in [-0.3, -0.25) is 0 Å². The topological polar surface area (TPSA) is 35.2 Å². The third-order valence-corrected chi connectivity index (χ3v) is 2.61. The third-order valence-electron chi connectivity index (χ3n) is 2.61. The summed E-state index contributed by atoms with van der Waals surface area (Å²) in [4.78, 5) is 0. The first kappa shape index (κ1) is 12.0. The summed E-state index contributed by atoms with van der Waals surface area (Å²) >= 11 is 0. The second kappa shape index (κ2) is 5.71. The average molecular weight is 211 g/mol. The van der Waals surface area contributed by atoms with Crippen molar-refractivity contribution < 1.29 is 9.13 Å². The summed E-state index contributed by atoms with van der Waals surface area (Å²) in [6.07, 6.45) is 5.71. The van der Waals surface area contributed by atoms with Crippen LogP contribution in [0, 0.1) is 5.92 Å². The van der Waals surface area contributed by atoms with Crippen LogP contribution in [0.3, 0.4) is 0 Å². The monoisotopic (exact) mass is 211 g/mol. The van der Waals surface area contributed by atoms with Crippen LogP contribution in [0.4, 0.5) is 4.39 Å². The van der Waals surface area contributed by atoms with Gasteiger partial charge in [0, 0.05) is 18.9 Å². The molecule has 15 heavy (non-hydrogen) atoms. The van der Waals surface area contributed by atoms with Gasteiger partial charge in [0.2, 0.25) is 0 Å². The maximum Gasteiger partial charge on any atom is 0.122 e. The number of allylic oxidation sites excluding steroid dienone is 4. The Kier molecular flexibility index (Phi) is 4.56. The van der Waals surface area contributed by atoms with E-state index in [1.54, 1.807) is 13.2 Å². The molecule has 0 saturated heterocycles. The second-order valence-electron chi connectivity index (χ2n) is 3.70. The number of halogens is 1. The molecule has 0 radical (unpaired) electrons. The number of hydrogen-bond acceptors (Lipinski definition) is 2. The van der Waals surface area contributed by atoms with Crippen molar-refractivity contribution in [2.24, 2.45) is 11.7 Å². The fourth-order valence-electron chi connectivity index (χ4n) is 1.57. The lowest BCUT2D eigenvalue weighted by atomic mass is 9.94. The van der Waals surface area contributed by atoms with E-state index in [1.807, 2.05) is 12.2 Å². The number of methoxy groups -OCH3 is 1. The first-order valence-electron chi connectivity index (χ1n) is 5.11. The van der Waals surface area contributed by atoms with Crippen molar-refractivity contribution in [1.82, 2.24) is 0 Å². The largest absolute Gasteiger partial charge is 0.501 e. The molecular weight excluding hydrogens is 193 g/mol. The van der Waals surface area contributed by atoms with Gasteiger partial charge in [0.05, 0.1) is 12.9 Å². The molecule has 0 aromatic rings. The zero-order valence-electron chi connectivity index (χ0n) is 9.08. The van der Waals surface area contributed by atoms with Crippen LogP contribution in [0.15, 0.2) is 36.1 Å². The lowest BCUT2D eigenvalue weighted by Crippen LogP contribution is -2.18. The zero-order chi connectivity index (χ0) is 11.3. The minimum atomic E-state index is -0.837. The molecule has 1 aliphatic carbocycles. The first-order chi connectivity index (χ1) is 7.17. The molecule has 0 saturated carbocycles. The normalized spacial score (nSPS) is 22.1. The van der Waals surface area contributed by atoms with Gasteiger partial charge in [-0.05, 0) is 6.42 Å². The molecule has 2 unspecified atom stereocenters. The molecule has 0 fully saturated rings. The second-order valence-corrected chi connectivity index (χ2v) is 3.70. The third kappa shape index (κ3) is 3.51. The number of rotatable bonds is 5. The van der Waals surface area contributed by atoms with E-state index in [0.717, 1.165) is 12.0 Å². The van der Waals surface area contributed by atoms with Crippen LogP contribution < -0.4 is 5.73 Å². The fourth-order valence-corrected chi connectivity index (χ4v) is 1.57. The van der Waals surface area contributed by atoms with Crippen molar-refractivity contribution in [2.75, 3.05) is 13.7 Å². The van der Waals surface area contributed by atoms with Gasteiger partial charge >= 0.3 is 0 Å². The Hall–Kier alpha value is -1.09. The van der Waals surface area contributed by atoms with Gasteiger partial charge in [0.15, 0.2) is 0 Å². The Labute approximate surface area is 90.3 Å². The van der Waals surface area contributed by atoms with Crippen LogP contribution in [0.25, 0.3) is 0 Å². The van der Waals surface area contributed by atoms with Gasteiger partial charge in [-0.2, -0.15) is 0 Å². The van der Waals surface area contributed by atoms with Gasteiger partial charge in [-0.25, -0.2) is 4.39 Å². The summed E-state index contributed by atoms with van der Waals surface area (Å²) in [5.74, 6) is 0.802. The Morgan fingerprint density at radius 1 is 1.80 bits per heavy atom. The average Bonchev–Trinajstić information content (AvgIpc) is 2.27. The molecule has 0 aliphatic heterocycles. The first-order valence-corrected chi connectivity index (χ1v) is 5.11. The van der Waals surface area contributed by atoms with Crippen LogP contribution in [0.1, 0.15) is 12.8 Å². The molecule has 3 heteroatoms. The molecule has 0 bridgehead atoms. The molecule has 1 rings (SSSR count). The zero-order valence-corrected chi connectivity index (χ0v) is 9.08. The SMILES string of the molecule is C=C(OC)C(CN)CC1=CCC(F)C=C1. The standard InChI is InChI=1S/C12H18FNO/c1-9(15-2)11(8-14)7-10-3-5-12(13)6-4-10/h3-5,11-12H,1,6-8,14H2,2H3. The van der Waals surface area contributed by atoms with Crippen molar-refractivity contribution in [1.29, 1.82) is 0 Å². The van der Waals surface area contributed by atoms with Crippen LogP contribution in [0.2, 0.25) is 0 Å². The highest BCUT2D eigenvalue weighted by Gasteiger charge is 2.15. The molecule has 0 spiro atoms. The van der Waals surface area contributed by atoms with Gasteiger partial charge in [-0.1, -0.05) is 30.4 Å². The number of ether oxygens (including phenoxy) is 1. The number of hydrogen-bond donors (Lipinski definition) is 1.